The van der Waals surface area contributed by atoms with Gasteiger partial charge in [-0.05, 0) is 17.7 Å². The number of halogens is 4. The van der Waals surface area contributed by atoms with Crippen LogP contribution in [0.1, 0.15) is 17.2 Å². The monoisotopic (exact) mass is 358 g/mol. The van der Waals surface area contributed by atoms with E-state index in [1.165, 1.54) is 0 Å². The number of nitrogens with zero attached hydrogens (tertiary/aromatic N) is 2. The van der Waals surface area contributed by atoms with Gasteiger partial charge in [0.15, 0.2) is 0 Å². The minimum absolute atomic E-state index is 0.0354. The van der Waals surface area contributed by atoms with Crippen molar-refractivity contribution in [2.75, 3.05) is 25.0 Å². The molecule has 1 fully saturated rings. The first-order valence-corrected chi connectivity index (χ1v) is 7.59. The van der Waals surface area contributed by atoms with Crippen LogP contribution in [0.2, 0.25) is 5.02 Å². The summed E-state index contributed by atoms with van der Waals surface area (Å²) in [6, 6.07) is 5.32. The Balaban J connectivity index is 1.73. The Bertz CT molecular complexity index is 703. The highest BCUT2D eigenvalue weighted by Crippen LogP contribution is 2.31. The van der Waals surface area contributed by atoms with E-state index in [1.807, 2.05) is 6.07 Å². The molecular formula is C15H14ClF3N4O. The Morgan fingerprint density at radius 1 is 1.25 bits per heavy atom. The summed E-state index contributed by atoms with van der Waals surface area (Å²) in [5.41, 5.74) is 0.520. The number of hydrogen-bond donors (Lipinski definition) is 2. The molecule has 128 valence electrons. The van der Waals surface area contributed by atoms with Crippen molar-refractivity contribution in [1.29, 1.82) is 0 Å². The molecule has 2 aromatic rings. The molecule has 0 spiro atoms. The molecule has 0 radical (unpaired) electrons. The van der Waals surface area contributed by atoms with Crippen LogP contribution >= 0.6 is 11.6 Å². The van der Waals surface area contributed by atoms with E-state index in [2.05, 4.69) is 20.6 Å². The van der Waals surface area contributed by atoms with Crippen molar-refractivity contribution < 1.29 is 17.9 Å². The second kappa shape index (κ2) is 6.92. The van der Waals surface area contributed by atoms with Gasteiger partial charge in [-0.25, -0.2) is 9.97 Å². The first-order valence-electron chi connectivity index (χ1n) is 7.21. The van der Waals surface area contributed by atoms with Gasteiger partial charge in [0.05, 0.1) is 29.0 Å². The number of benzene rings is 1. The minimum Gasteiger partial charge on any atom is -0.371 e. The summed E-state index contributed by atoms with van der Waals surface area (Å²) in [6.07, 6.45) is -3.10. The maximum atomic E-state index is 12.5. The van der Waals surface area contributed by atoms with Gasteiger partial charge in [-0.15, -0.1) is 0 Å². The Morgan fingerprint density at radius 2 is 2.00 bits per heavy atom. The molecule has 0 aliphatic carbocycles. The van der Waals surface area contributed by atoms with Crippen molar-refractivity contribution in [1.82, 2.24) is 15.3 Å². The molecule has 0 bridgehead atoms. The first kappa shape index (κ1) is 16.9. The molecule has 0 unspecified atom stereocenters. The van der Waals surface area contributed by atoms with Crippen LogP contribution in [0, 0.1) is 0 Å². The number of ether oxygens (including phenoxy) is 1. The van der Waals surface area contributed by atoms with E-state index in [4.69, 9.17) is 16.3 Å². The third-order valence-electron chi connectivity index (χ3n) is 3.52. The third kappa shape index (κ3) is 3.95. The summed E-state index contributed by atoms with van der Waals surface area (Å²) in [7, 11) is 0. The van der Waals surface area contributed by atoms with E-state index in [0.717, 1.165) is 24.5 Å². The molecule has 1 aliphatic heterocycles. The lowest BCUT2D eigenvalue weighted by molar-refractivity contribution is -0.138. The standard InChI is InChI=1S/C15H14ClF3N4O/c16-11-5-9(13-8-20-3-4-24-13)1-2-12(11)23-14-21-6-10(7-22-14)15(17,18)19/h1-2,5-7,13,20H,3-4,8H2,(H,21,22,23)/t13-/m0/s1. The molecule has 1 atom stereocenters. The first-order chi connectivity index (χ1) is 11.4. The molecule has 9 heteroatoms. The van der Waals surface area contributed by atoms with Crippen LogP contribution in [0.25, 0.3) is 0 Å². The van der Waals surface area contributed by atoms with Crippen LogP contribution in [0.5, 0.6) is 0 Å². The Morgan fingerprint density at radius 3 is 2.58 bits per heavy atom. The number of alkyl halides is 3. The van der Waals surface area contributed by atoms with Crippen molar-refractivity contribution in [2.45, 2.75) is 12.3 Å². The lowest BCUT2D eigenvalue weighted by Crippen LogP contribution is -2.33. The summed E-state index contributed by atoms with van der Waals surface area (Å²) < 4.78 is 43.1. The Kier molecular flexibility index (Phi) is 4.88. The number of hydrogen-bond acceptors (Lipinski definition) is 5. The summed E-state index contributed by atoms with van der Waals surface area (Å²) in [4.78, 5) is 7.32. The molecule has 3 rings (SSSR count). The summed E-state index contributed by atoms with van der Waals surface area (Å²) in [6.45, 7) is 2.14. The minimum atomic E-state index is -4.47. The number of anilines is 2. The SMILES string of the molecule is FC(F)(F)c1cnc(Nc2ccc([C@@H]3CNCCO3)cc2Cl)nc1. The van der Waals surface area contributed by atoms with Crippen LogP contribution < -0.4 is 10.6 Å². The Hall–Kier alpha value is -1.90. The normalized spacial score (nSPS) is 18.4. The van der Waals surface area contributed by atoms with Crippen molar-refractivity contribution in [3.8, 4) is 0 Å². The molecule has 1 aromatic carbocycles. The summed E-state index contributed by atoms with van der Waals surface area (Å²) in [5.74, 6) is 0.0354. The van der Waals surface area contributed by atoms with Crippen LogP contribution in [-0.2, 0) is 10.9 Å². The fraction of sp³-hybridized carbons (Fsp3) is 0.333. The second-order valence-electron chi connectivity index (χ2n) is 5.22. The predicted octanol–water partition coefficient (Wildman–Crippen LogP) is 3.55. The zero-order valence-electron chi connectivity index (χ0n) is 12.4. The van der Waals surface area contributed by atoms with Crippen molar-refractivity contribution in [3.63, 3.8) is 0 Å². The number of rotatable bonds is 3. The highest BCUT2D eigenvalue weighted by Gasteiger charge is 2.31. The van der Waals surface area contributed by atoms with E-state index in [0.29, 0.717) is 23.9 Å². The molecule has 24 heavy (non-hydrogen) atoms. The molecule has 0 saturated carbocycles. The fourth-order valence-electron chi connectivity index (χ4n) is 2.27. The molecule has 1 aromatic heterocycles. The van der Waals surface area contributed by atoms with Crippen molar-refractivity contribution in [2.24, 2.45) is 0 Å². The average Bonchev–Trinajstić information content (AvgIpc) is 2.57. The zero-order chi connectivity index (χ0) is 17.2. The quantitative estimate of drug-likeness (QED) is 0.878. The van der Waals surface area contributed by atoms with Gasteiger partial charge in [-0.2, -0.15) is 13.2 Å². The van der Waals surface area contributed by atoms with Gasteiger partial charge >= 0.3 is 6.18 Å². The van der Waals surface area contributed by atoms with Crippen LogP contribution in [0.4, 0.5) is 24.8 Å². The predicted molar refractivity (Wildman–Crippen MR) is 83.3 cm³/mol. The smallest absolute Gasteiger partial charge is 0.371 e. The van der Waals surface area contributed by atoms with Crippen LogP contribution in [-0.4, -0.2) is 29.7 Å². The molecule has 1 aliphatic rings. The van der Waals surface area contributed by atoms with Gasteiger partial charge in [0.25, 0.3) is 0 Å². The number of nitrogens with one attached hydrogen (secondary N) is 2. The van der Waals surface area contributed by atoms with Crippen molar-refractivity contribution in [3.05, 3.63) is 46.7 Å². The van der Waals surface area contributed by atoms with Gasteiger partial charge in [0, 0.05) is 25.5 Å². The Labute approximate surface area is 141 Å². The van der Waals surface area contributed by atoms with Gasteiger partial charge in [-0.3, -0.25) is 0 Å². The van der Waals surface area contributed by atoms with Crippen molar-refractivity contribution >= 4 is 23.2 Å². The fourth-order valence-corrected chi connectivity index (χ4v) is 2.51. The molecule has 0 amide bonds. The third-order valence-corrected chi connectivity index (χ3v) is 3.83. The largest absolute Gasteiger partial charge is 0.419 e. The van der Waals surface area contributed by atoms with E-state index in [9.17, 15) is 13.2 Å². The topological polar surface area (TPSA) is 59.1 Å². The van der Waals surface area contributed by atoms with Crippen LogP contribution in [0.15, 0.2) is 30.6 Å². The summed E-state index contributed by atoms with van der Waals surface area (Å²) >= 11 is 6.23. The molecule has 5 nitrogen and oxygen atoms in total. The van der Waals surface area contributed by atoms with E-state index in [-0.39, 0.29) is 12.1 Å². The van der Waals surface area contributed by atoms with Gasteiger partial charge in [0.2, 0.25) is 5.95 Å². The molecule has 1 saturated heterocycles. The number of aromatic nitrogens is 2. The molecular weight excluding hydrogens is 345 g/mol. The second-order valence-corrected chi connectivity index (χ2v) is 5.63. The van der Waals surface area contributed by atoms with E-state index < -0.39 is 11.7 Å². The lowest BCUT2D eigenvalue weighted by atomic mass is 10.1. The maximum absolute atomic E-state index is 12.5. The maximum Gasteiger partial charge on any atom is 0.419 e. The van der Waals surface area contributed by atoms with Gasteiger partial charge < -0.3 is 15.4 Å². The van der Waals surface area contributed by atoms with E-state index in [1.54, 1.807) is 12.1 Å². The van der Waals surface area contributed by atoms with Gasteiger partial charge in [0.1, 0.15) is 0 Å². The summed E-state index contributed by atoms with van der Waals surface area (Å²) in [5, 5.41) is 6.44. The molecule has 2 N–H and O–H groups in total. The lowest BCUT2D eigenvalue weighted by Gasteiger charge is -2.24. The average molecular weight is 359 g/mol. The highest BCUT2D eigenvalue weighted by molar-refractivity contribution is 6.33. The van der Waals surface area contributed by atoms with E-state index >= 15 is 0 Å². The highest BCUT2D eigenvalue weighted by atomic mass is 35.5. The van der Waals surface area contributed by atoms with Crippen LogP contribution in [0.3, 0.4) is 0 Å². The number of morpholine rings is 1. The zero-order valence-corrected chi connectivity index (χ0v) is 13.2. The molecule has 2 heterocycles. The van der Waals surface area contributed by atoms with Gasteiger partial charge in [-0.1, -0.05) is 17.7 Å².